The summed E-state index contributed by atoms with van der Waals surface area (Å²) in [5.41, 5.74) is 1.09. The first-order valence-corrected chi connectivity index (χ1v) is 9.50. The average molecular weight is 387 g/mol. The molecule has 2 aromatic rings. The number of carbonyl (C=O) groups is 1. The molecule has 1 N–H and O–H groups in total. The Hall–Kier alpha value is -2.89. The van der Waals surface area contributed by atoms with Crippen LogP contribution in [0, 0.1) is 5.92 Å². The summed E-state index contributed by atoms with van der Waals surface area (Å²) < 4.78 is 22.3. The van der Waals surface area contributed by atoms with Crippen LogP contribution in [-0.4, -0.2) is 32.8 Å². The zero-order valence-electron chi connectivity index (χ0n) is 17.2. The van der Waals surface area contributed by atoms with E-state index in [4.69, 9.17) is 18.9 Å². The lowest BCUT2D eigenvalue weighted by molar-refractivity contribution is 0.102. The van der Waals surface area contributed by atoms with Crippen molar-refractivity contribution >= 4 is 11.6 Å². The van der Waals surface area contributed by atoms with Gasteiger partial charge in [-0.3, -0.25) is 4.79 Å². The molecule has 2 aromatic carbocycles. The molecule has 152 valence electrons. The first-order chi connectivity index (χ1) is 13.5. The van der Waals surface area contributed by atoms with Crippen LogP contribution in [0.3, 0.4) is 0 Å². The molecular formula is C22H29NO5. The molecule has 2 rings (SSSR count). The summed E-state index contributed by atoms with van der Waals surface area (Å²) in [6.45, 7) is 9.55. The molecule has 0 aliphatic rings. The number of rotatable bonds is 10. The van der Waals surface area contributed by atoms with Crippen LogP contribution in [0.4, 0.5) is 5.69 Å². The van der Waals surface area contributed by atoms with E-state index < -0.39 is 0 Å². The van der Waals surface area contributed by atoms with Crippen LogP contribution >= 0.6 is 0 Å². The molecule has 0 fully saturated rings. The van der Waals surface area contributed by atoms with E-state index >= 15 is 0 Å². The van der Waals surface area contributed by atoms with Crippen LogP contribution in [0.15, 0.2) is 36.4 Å². The maximum atomic E-state index is 12.7. The molecule has 1 amide bonds. The van der Waals surface area contributed by atoms with E-state index in [2.05, 4.69) is 19.2 Å². The van der Waals surface area contributed by atoms with Crippen LogP contribution in [0.25, 0.3) is 0 Å². The molecule has 0 radical (unpaired) electrons. The number of carbonyl (C=O) groups excluding carboxylic acids is 1. The van der Waals surface area contributed by atoms with Gasteiger partial charge in [-0.1, -0.05) is 13.8 Å². The van der Waals surface area contributed by atoms with Crippen molar-refractivity contribution < 1.29 is 23.7 Å². The minimum atomic E-state index is -0.248. The van der Waals surface area contributed by atoms with Crippen molar-refractivity contribution in [2.75, 3.05) is 32.2 Å². The third kappa shape index (κ3) is 5.81. The number of methoxy groups -OCH3 is 1. The fourth-order valence-corrected chi connectivity index (χ4v) is 2.52. The normalized spacial score (nSPS) is 10.5. The second-order valence-electron chi connectivity index (χ2n) is 6.55. The smallest absolute Gasteiger partial charge is 0.255 e. The van der Waals surface area contributed by atoms with Gasteiger partial charge in [0.15, 0.2) is 23.0 Å². The number of nitrogens with one attached hydrogen (secondary N) is 1. The monoisotopic (exact) mass is 387 g/mol. The van der Waals surface area contributed by atoms with Gasteiger partial charge in [0.05, 0.1) is 26.9 Å². The zero-order valence-corrected chi connectivity index (χ0v) is 17.2. The summed E-state index contributed by atoms with van der Waals surface area (Å²) in [6, 6.07) is 10.5. The number of hydrogen-bond acceptors (Lipinski definition) is 5. The summed E-state index contributed by atoms with van der Waals surface area (Å²) in [4.78, 5) is 12.7. The van der Waals surface area contributed by atoms with E-state index in [1.807, 2.05) is 13.8 Å². The zero-order chi connectivity index (χ0) is 20.5. The minimum Gasteiger partial charge on any atom is -0.493 e. The van der Waals surface area contributed by atoms with Gasteiger partial charge in [0.1, 0.15) is 0 Å². The first-order valence-electron chi connectivity index (χ1n) is 9.50. The molecule has 6 heteroatoms. The van der Waals surface area contributed by atoms with Crippen LogP contribution in [0.5, 0.6) is 23.0 Å². The summed E-state index contributed by atoms with van der Waals surface area (Å²) in [7, 11) is 1.56. The molecule has 0 aliphatic carbocycles. The van der Waals surface area contributed by atoms with Crippen molar-refractivity contribution in [3.63, 3.8) is 0 Å². The van der Waals surface area contributed by atoms with Gasteiger partial charge in [0.25, 0.3) is 5.91 Å². The van der Waals surface area contributed by atoms with E-state index in [0.717, 1.165) is 0 Å². The lowest BCUT2D eigenvalue weighted by atomic mass is 10.1. The van der Waals surface area contributed by atoms with Gasteiger partial charge in [0.2, 0.25) is 0 Å². The van der Waals surface area contributed by atoms with Crippen LogP contribution < -0.4 is 24.3 Å². The van der Waals surface area contributed by atoms with E-state index in [-0.39, 0.29) is 5.91 Å². The molecule has 0 aliphatic heterocycles. The lowest BCUT2D eigenvalue weighted by Crippen LogP contribution is -2.13. The SMILES string of the molecule is CCOc1ccc(NC(=O)c2ccc(OCC(C)C)c(OCC)c2)cc1OC. The molecular weight excluding hydrogens is 358 g/mol. The van der Waals surface area contributed by atoms with E-state index in [1.54, 1.807) is 43.5 Å². The maximum Gasteiger partial charge on any atom is 0.255 e. The topological polar surface area (TPSA) is 66.0 Å². The Morgan fingerprint density at radius 2 is 1.54 bits per heavy atom. The molecule has 0 atom stereocenters. The van der Waals surface area contributed by atoms with Gasteiger partial charge in [-0.05, 0) is 50.1 Å². The van der Waals surface area contributed by atoms with Crippen molar-refractivity contribution in [3.8, 4) is 23.0 Å². The molecule has 0 saturated heterocycles. The fraction of sp³-hybridized carbons (Fsp3) is 0.409. The molecule has 0 saturated carbocycles. The summed E-state index contributed by atoms with van der Waals surface area (Å²) in [5, 5.41) is 2.87. The van der Waals surface area contributed by atoms with E-state index in [1.165, 1.54) is 0 Å². The highest BCUT2D eigenvalue weighted by Crippen LogP contribution is 2.32. The predicted molar refractivity (Wildman–Crippen MR) is 110 cm³/mol. The van der Waals surface area contributed by atoms with E-state index in [0.29, 0.717) is 60.0 Å². The highest BCUT2D eigenvalue weighted by molar-refractivity contribution is 6.04. The second kappa shape index (κ2) is 10.4. The van der Waals surface area contributed by atoms with Crippen LogP contribution in [-0.2, 0) is 0 Å². The van der Waals surface area contributed by atoms with Gasteiger partial charge in [-0.2, -0.15) is 0 Å². The number of amides is 1. The molecule has 6 nitrogen and oxygen atoms in total. The number of anilines is 1. The highest BCUT2D eigenvalue weighted by Gasteiger charge is 2.14. The maximum absolute atomic E-state index is 12.7. The second-order valence-corrected chi connectivity index (χ2v) is 6.55. The molecule has 28 heavy (non-hydrogen) atoms. The van der Waals surface area contributed by atoms with Crippen molar-refractivity contribution in [1.82, 2.24) is 0 Å². The van der Waals surface area contributed by atoms with Crippen molar-refractivity contribution in [2.45, 2.75) is 27.7 Å². The first kappa shape index (κ1) is 21.4. The van der Waals surface area contributed by atoms with Crippen molar-refractivity contribution in [3.05, 3.63) is 42.0 Å². The lowest BCUT2D eigenvalue weighted by Gasteiger charge is -2.15. The Morgan fingerprint density at radius 3 is 2.18 bits per heavy atom. The van der Waals surface area contributed by atoms with E-state index in [9.17, 15) is 4.79 Å². The Labute approximate surface area is 166 Å². The third-order valence-electron chi connectivity index (χ3n) is 3.80. The Morgan fingerprint density at radius 1 is 0.893 bits per heavy atom. The van der Waals surface area contributed by atoms with Crippen molar-refractivity contribution in [1.29, 1.82) is 0 Å². The van der Waals surface area contributed by atoms with Gasteiger partial charge < -0.3 is 24.3 Å². The average Bonchev–Trinajstić information content (AvgIpc) is 2.68. The number of benzene rings is 2. The summed E-state index contributed by atoms with van der Waals surface area (Å²) in [6.07, 6.45) is 0. The molecule has 0 unspecified atom stereocenters. The van der Waals surface area contributed by atoms with Gasteiger partial charge in [-0.25, -0.2) is 0 Å². The third-order valence-corrected chi connectivity index (χ3v) is 3.80. The standard InChI is InChI=1S/C22H29NO5/c1-6-26-18-11-9-17(13-20(18)25-5)23-22(24)16-8-10-19(28-14-15(3)4)21(12-16)27-7-2/h8-13,15H,6-7,14H2,1-5H3,(H,23,24). The van der Waals surface area contributed by atoms with Crippen LogP contribution in [0.1, 0.15) is 38.1 Å². The van der Waals surface area contributed by atoms with Gasteiger partial charge >= 0.3 is 0 Å². The molecule has 0 bridgehead atoms. The number of ether oxygens (including phenoxy) is 4. The molecule has 0 aromatic heterocycles. The Kier molecular flexibility index (Phi) is 7.99. The molecule has 0 spiro atoms. The summed E-state index contributed by atoms with van der Waals surface area (Å²) >= 11 is 0. The van der Waals surface area contributed by atoms with Crippen molar-refractivity contribution in [2.24, 2.45) is 5.92 Å². The van der Waals surface area contributed by atoms with Gasteiger partial charge in [0, 0.05) is 17.3 Å². The molecule has 0 heterocycles. The quantitative estimate of drug-likeness (QED) is 0.635. The minimum absolute atomic E-state index is 0.248. The number of hydrogen-bond donors (Lipinski definition) is 1. The van der Waals surface area contributed by atoms with Crippen LogP contribution in [0.2, 0.25) is 0 Å². The Balaban J connectivity index is 2.18. The highest BCUT2D eigenvalue weighted by atomic mass is 16.5. The summed E-state index contributed by atoms with van der Waals surface area (Å²) in [5.74, 6) is 2.53. The Bertz CT molecular complexity index is 788. The van der Waals surface area contributed by atoms with Gasteiger partial charge in [-0.15, -0.1) is 0 Å². The largest absolute Gasteiger partial charge is 0.493 e. The fourth-order valence-electron chi connectivity index (χ4n) is 2.52. The predicted octanol–water partition coefficient (Wildman–Crippen LogP) is 4.78.